The van der Waals surface area contributed by atoms with Gasteiger partial charge in [-0.3, -0.25) is 14.5 Å². The van der Waals surface area contributed by atoms with Crippen LogP contribution in [0.25, 0.3) is 10.2 Å². The van der Waals surface area contributed by atoms with Crippen LogP contribution in [0.4, 0.5) is 11.4 Å². The molecule has 3 heterocycles. The number of carbonyl (C=O) groups excluding carboxylic acids is 2. The molecule has 0 saturated carbocycles. The van der Waals surface area contributed by atoms with Crippen LogP contribution in [0, 0.1) is 0 Å². The van der Waals surface area contributed by atoms with Crippen LogP contribution in [0.5, 0.6) is 0 Å². The van der Waals surface area contributed by atoms with Crippen molar-refractivity contribution in [3.63, 3.8) is 0 Å². The van der Waals surface area contributed by atoms with E-state index in [2.05, 4.69) is 20.1 Å². The first-order chi connectivity index (χ1) is 12.4. The smallest absolute Gasteiger partial charge is 0.260 e. The molecular formula is C17H24N6O2S. The molecule has 140 valence electrons. The van der Waals surface area contributed by atoms with Gasteiger partial charge in [-0.1, -0.05) is 0 Å². The van der Waals surface area contributed by atoms with Gasteiger partial charge in [-0.2, -0.15) is 0 Å². The van der Waals surface area contributed by atoms with E-state index in [0.717, 1.165) is 37.3 Å². The van der Waals surface area contributed by atoms with Gasteiger partial charge >= 0.3 is 0 Å². The van der Waals surface area contributed by atoms with Crippen LogP contribution in [0.15, 0.2) is 12.3 Å². The van der Waals surface area contributed by atoms with Crippen molar-refractivity contribution in [1.29, 1.82) is 0 Å². The summed E-state index contributed by atoms with van der Waals surface area (Å²) in [6, 6.07) is 2.06. The van der Waals surface area contributed by atoms with Crippen molar-refractivity contribution in [3.05, 3.63) is 17.1 Å². The van der Waals surface area contributed by atoms with Crippen molar-refractivity contribution >= 4 is 44.7 Å². The van der Waals surface area contributed by atoms with E-state index >= 15 is 0 Å². The summed E-state index contributed by atoms with van der Waals surface area (Å²) in [5.41, 5.74) is 12.9. The molecule has 5 N–H and O–H groups in total. The number of carbonyl (C=O) groups is 2. The summed E-state index contributed by atoms with van der Waals surface area (Å²) in [5.74, 6) is -0.481. The van der Waals surface area contributed by atoms with Gasteiger partial charge in [-0.15, -0.1) is 11.3 Å². The second-order valence-corrected chi connectivity index (χ2v) is 7.70. The van der Waals surface area contributed by atoms with Crippen molar-refractivity contribution in [2.45, 2.75) is 19.9 Å². The Labute approximate surface area is 156 Å². The number of nitrogens with zero attached hydrogens (tertiary/aromatic N) is 3. The number of nitrogen functional groups attached to an aromatic ring is 1. The molecule has 0 bridgehead atoms. The minimum atomic E-state index is -0.530. The zero-order chi connectivity index (χ0) is 18.8. The third-order valence-electron chi connectivity index (χ3n) is 4.36. The summed E-state index contributed by atoms with van der Waals surface area (Å²) >= 11 is 1.22. The van der Waals surface area contributed by atoms with Crippen LogP contribution in [0.2, 0.25) is 0 Å². The van der Waals surface area contributed by atoms with Crippen LogP contribution in [0.3, 0.4) is 0 Å². The molecule has 0 atom stereocenters. The molecule has 1 saturated heterocycles. The molecular weight excluding hydrogens is 352 g/mol. The molecule has 26 heavy (non-hydrogen) atoms. The number of hydrogen-bond donors (Lipinski definition) is 3. The average Bonchev–Trinajstić information content (AvgIpc) is 2.92. The van der Waals surface area contributed by atoms with E-state index in [9.17, 15) is 9.59 Å². The molecule has 0 radical (unpaired) electrons. The highest BCUT2D eigenvalue weighted by Gasteiger charge is 2.24. The molecule has 2 amide bonds. The van der Waals surface area contributed by atoms with E-state index in [1.54, 1.807) is 6.20 Å². The quantitative estimate of drug-likeness (QED) is 0.704. The highest BCUT2D eigenvalue weighted by atomic mass is 32.1. The number of fused-ring (bicyclic) bond motifs is 1. The molecule has 0 unspecified atom stereocenters. The highest BCUT2D eigenvalue weighted by molar-refractivity contribution is 7.21. The molecule has 2 aromatic heterocycles. The Kier molecular flexibility index (Phi) is 5.28. The van der Waals surface area contributed by atoms with Crippen molar-refractivity contribution in [1.82, 2.24) is 15.2 Å². The van der Waals surface area contributed by atoms with Crippen LogP contribution < -0.4 is 21.7 Å². The fraction of sp³-hybridized carbons (Fsp3) is 0.471. The number of thiophene rings is 1. The second-order valence-electron chi connectivity index (χ2n) is 6.70. The third kappa shape index (κ3) is 3.73. The average molecular weight is 376 g/mol. The number of nitrogens with one attached hydrogen (secondary N) is 1. The number of rotatable bonds is 5. The van der Waals surface area contributed by atoms with Gasteiger partial charge in [0.2, 0.25) is 5.91 Å². The number of aromatic nitrogens is 1. The maximum Gasteiger partial charge on any atom is 0.260 e. The molecule has 0 spiro atoms. The van der Waals surface area contributed by atoms with Gasteiger partial charge in [0, 0.05) is 38.4 Å². The number of pyridine rings is 1. The fourth-order valence-electron chi connectivity index (χ4n) is 3.19. The number of hydrogen-bond acceptors (Lipinski definition) is 7. The second kappa shape index (κ2) is 7.46. The maximum atomic E-state index is 11.9. The Bertz CT molecular complexity index is 826. The lowest BCUT2D eigenvalue weighted by Crippen LogP contribution is -2.50. The molecule has 1 fully saturated rings. The van der Waals surface area contributed by atoms with E-state index in [0.29, 0.717) is 21.9 Å². The van der Waals surface area contributed by atoms with E-state index < -0.39 is 5.91 Å². The van der Waals surface area contributed by atoms with E-state index in [1.807, 2.05) is 19.9 Å². The predicted molar refractivity (Wildman–Crippen MR) is 104 cm³/mol. The number of piperazine rings is 1. The first kappa shape index (κ1) is 18.4. The Morgan fingerprint density at radius 2 is 2.00 bits per heavy atom. The monoisotopic (exact) mass is 376 g/mol. The normalized spacial score (nSPS) is 15.6. The Morgan fingerprint density at radius 3 is 2.62 bits per heavy atom. The van der Waals surface area contributed by atoms with Gasteiger partial charge in [0.05, 0.1) is 23.3 Å². The van der Waals surface area contributed by atoms with Gasteiger partial charge in [-0.25, -0.2) is 4.98 Å². The lowest BCUT2D eigenvalue weighted by Gasteiger charge is -2.36. The number of anilines is 2. The third-order valence-corrected chi connectivity index (χ3v) is 5.49. The number of nitrogens with two attached hydrogens (primary N) is 2. The summed E-state index contributed by atoms with van der Waals surface area (Å²) in [6.07, 6.45) is 1.72. The van der Waals surface area contributed by atoms with Crippen LogP contribution in [-0.2, 0) is 4.79 Å². The highest BCUT2D eigenvalue weighted by Crippen LogP contribution is 2.38. The summed E-state index contributed by atoms with van der Waals surface area (Å²) < 4.78 is 0. The first-order valence-electron chi connectivity index (χ1n) is 8.60. The molecule has 0 aliphatic carbocycles. The van der Waals surface area contributed by atoms with E-state index in [-0.39, 0.29) is 11.9 Å². The fourth-order valence-corrected chi connectivity index (χ4v) is 4.13. The van der Waals surface area contributed by atoms with Crippen LogP contribution in [-0.4, -0.2) is 60.5 Å². The lowest BCUT2D eigenvalue weighted by molar-refractivity contribution is -0.122. The van der Waals surface area contributed by atoms with Crippen molar-refractivity contribution in [2.75, 3.05) is 43.4 Å². The molecule has 1 aliphatic rings. The molecule has 9 heteroatoms. The van der Waals surface area contributed by atoms with E-state index in [4.69, 9.17) is 11.5 Å². The first-order valence-corrected chi connectivity index (χ1v) is 9.42. The standard InChI is InChI=1S/C17H24N6O2S/c1-10(2)21-12(24)9-22-5-7-23(8-6-22)11-3-4-20-17-13(11)14(18)15(26-17)16(19)25/h3-4,10H,5-9,18H2,1-2H3,(H2,19,25)(H,21,24). The minimum Gasteiger partial charge on any atom is -0.397 e. The minimum absolute atomic E-state index is 0.0490. The Balaban J connectivity index is 1.74. The molecule has 1 aliphatic heterocycles. The largest absolute Gasteiger partial charge is 0.397 e. The zero-order valence-corrected chi connectivity index (χ0v) is 15.8. The maximum absolute atomic E-state index is 11.9. The molecule has 8 nitrogen and oxygen atoms in total. The SMILES string of the molecule is CC(C)NC(=O)CN1CCN(c2ccnc3sc(C(N)=O)c(N)c23)CC1. The van der Waals surface area contributed by atoms with Crippen molar-refractivity contribution < 1.29 is 9.59 Å². The molecule has 3 rings (SSSR count). The molecule has 2 aromatic rings. The van der Waals surface area contributed by atoms with Crippen LogP contribution in [0.1, 0.15) is 23.5 Å². The topological polar surface area (TPSA) is 118 Å². The van der Waals surface area contributed by atoms with Crippen molar-refractivity contribution in [3.8, 4) is 0 Å². The lowest BCUT2D eigenvalue weighted by atomic mass is 10.2. The summed E-state index contributed by atoms with van der Waals surface area (Å²) in [6.45, 7) is 7.42. The van der Waals surface area contributed by atoms with Gasteiger partial charge in [0.15, 0.2) is 0 Å². The Hall–Kier alpha value is -2.39. The number of primary amides is 1. The van der Waals surface area contributed by atoms with Crippen LogP contribution >= 0.6 is 11.3 Å². The van der Waals surface area contributed by atoms with Gasteiger partial charge in [-0.05, 0) is 19.9 Å². The summed E-state index contributed by atoms with van der Waals surface area (Å²) in [4.78, 5) is 33.2. The molecule has 0 aromatic carbocycles. The summed E-state index contributed by atoms with van der Waals surface area (Å²) in [7, 11) is 0. The van der Waals surface area contributed by atoms with E-state index in [1.165, 1.54) is 11.3 Å². The Morgan fingerprint density at radius 1 is 1.31 bits per heavy atom. The van der Waals surface area contributed by atoms with Gasteiger partial charge in [0.1, 0.15) is 9.71 Å². The zero-order valence-electron chi connectivity index (χ0n) is 15.0. The van der Waals surface area contributed by atoms with Gasteiger partial charge in [0.25, 0.3) is 5.91 Å². The predicted octanol–water partition coefficient (Wildman–Crippen LogP) is 0.624. The summed E-state index contributed by atoms with van der Waals surface area (Å²) in [5, 5.41) is 3.71. The number of amides is 2. The van der Waals surface area contributed by atoms with Crippen molar-refractivity contribution in [2.24, 2.45) is 5.73 Å². The van der Waals surface area contributed by atoms with Gasteiger partial charge < -0.3 is 21.7 Å².